The summed E-state index contributed by atoms with van der Waals surface area (Å²) in [6, 6.07) is 8.52. The Balaban J connectivity index is 2.07. The minimum absolute atomic E-state index is 0.114. The Bertz CT molecular complexity index is 662. The molecule has 1 aromatic carbocycles. The first kappa shape index (κ1) is 13.6. The predicted molar refractivity (Wildman–Crippen MR) is 75.2 cm³/mol. The van der Waals surface area contributed by atoms with Gasteiger partial charge in [0.15, 0.2) is 0 Å². The number of hydrogen-bond acceptors (Lipinski definition) is 3. The molecular weight excluding hydrogens is 262 g/mol. The topological polar surface area (TPSA) is 77.1 Å². The zero-order valence-corrected chi connectivity index (χ0v) is 11.5. The molecule has 3 N–H and O–H groups in total. The van der Waals surface area contributed by atoms with Crippen molar-refractivity contribution in [2.45, 2.75) is 24.9 Å². The van der Waals surface area contributed by atoms with Gasteiger partial charge in [0.1, 0.15) is 0 Å². The van der Waals surface area contributed by atoms with E-state index >= 15 is 0 Å². The van der Waals surface area contributed by atoms with E-state index in [1.807, 2.05) is 18.3 Å². The predicted octanol–water partition coefficient (Wildman–Crippen LogP) is 1.77. The molecule has 1 heterocycles. The molecule has 0 aliphatic carbocycles. The number of aromatic nitrogens is 1. The van der Waals surface area contributed by atoms with Gasteiger partial charge in [-0.25, -0.2) is 13.6 Å². The highest BCUT2D eigenvalue weighted by molar-refractivity contribution is 7.89. The molecule has 0 radical (unpaired) electrons. The lowest BCUT2D eigenvalue weighted by molar-refractivity contribution is 0.598. The van der Waals surface area contributed by atoms with Crippen LogP contribution in [0.1, 0.15) is 12.5 Å². The summed E-state index contributed by atoms with van der Waals surface area (Å²) >= 11 is 0. The average Bonchev–Trinajstić information content (AvgIpc) is 2.84. The number of nitrogens with one attached hydrogen (secondary N) is 1. The monoisotopic (exact) mass is 279 g/mol. The lowest BCUT2D eigenvalue weighted by atomic mass is 10.3. The summed E-state index contributed by atoms with van der Waals surface area (Å²) in [5.74, 6) is 0. The number of nitrogens with two attached hydrogens (primary N) is 1. The number of sulfonamides is 1. The van der Waals surface area contributed by atoms with Gasteiger partial charge in [0.05, 0.1) is 4.90 Å². The van der Waals surface area contributed by atoms with Crippen LogP contribution in [0.5, 0.6) is 0 Å². The second-order valence-electron chi connectivity index (χ2n) is 4.28. The van der Waals surface area contributed by atoms with E-state index in [1.165, 1.54) is 12.1 Å². The molecule has 0 amide bonds. The number of hydrogen-bond donors (Lipinski definition) is 2. The van der Waals surface area contributed by atoms with Crippen molar-refractivity contribution < 1.29 is 8.42 Å². The summed E-state index contributed by atoms with van der Waals surface area (Å²) in [6.07, 6.45) is 4.06. The Kier molecular flexibility index (Phi) is 3.92. The van der Waals surface area contributed by atoms with Crippen LogP contribution in [0.3, 0.4) is 0 Å². The lowest BCUT2D eigenvalue weighted by Gasteiger charge is -2.06. The summed E-state index contributed by atoms with van der Waals surface area (Å²) in [6.45, 7) is 3.65. The summed E-state index contributed by atoms with van der Waals surface area (Å²) in [5, 5.41) is 8.27. The first-order chi connectivity index (χ1) is 8.99. The molecule has 0 atom stereocenters. The molecule has 0 aliphatic heterocycles. The van der Waals surface area contributed by atoms with Gasteiger partial charge in [-0.05, 0) is 36.8 Å². The van der Waals surface area contributed by atoms with Gasteiger partial charge in [0, 0.05) is 31.2 Å². The van der Waals surface area contributed by atoms with Crippen molar-refractivity contribution in [1.82, 2.24) is 4.57 Å². The smallest absolute Gasteiger partial charge is 0.238 e. The number of nitrogens with zero attached hydrogens (tertiary/aromatic N) is 1. The van der Waals surface area contributed by atoms with Gasteiger partial charge in [-0.15, -0.1) is 0 Å². The molecule has 0 aliphatic rings. The van der Waals surface area contributed by atoms with Gasteiger partial charge in [-0.1, -0.05) is 6.07 Å². The van der Waals surface area contributed by atoms with E-state index < -0.39 is 10.0 Å². The van der Waals surface area contributed by atoms with Crippen LogP contribution >= 0.6 is 0 Å². The van der Waals surface area contributed by atoms with Crippen molar-refractivity contribution in [1.29, 1.82) is 0 Å². The Hall–Kier alpha value is -1.79. The van der Waals surface area contributed by atoms with Crippen LogP contribution in [0.4, 0.5) is 5.69 Å². The number of aryl methyl sites for hydroxylation is 1. The van der Waals surface area contributed by atoms with Crippen LogP contribution in [0.2, 0.25) is 0 Å². The van der Waals surface area contributed by atoms with Crippen LogP contribution in [-0.2, 0) is 23.1 Å². The molecule has 0 fully saturated rings. The van der Waals surface area contributed by atoms with E-state index in [4.69, 9.17) is 5.14 Å². The Morgan fingerprint density at radius 1 is 1.32 bits per heavy atom. The quantitative estimate of drug-likeness (QED) is 0.875. The van der Waals surface area contributed by atoms with Crippen molar-refractivity contribution in [3.8, 4) is 0 Å². The Morgan fingerprint density at radius 3 is 2.74 bits per heavy atom. The van der Waals surface area contributed by atoms with Gasteiger partial charge in [-0.2, -0.15) is 0 Å². The molecule has 0 saturated carbocycles. The van der Waals surface area contributed by atoms with Crippen molar-refractivity contribution in [2.24, 2.45) is 5.14 Å². The first-order valence-corrected chi connectivity index (χ1v) is 7.55. The summed E-state index contributed by atoms with van der Waals surface area (Å²) in [5.41, 5.74) is 1.87. The van der Waals surface area contributed by atoms with Gasteiger partial charge < -0.3 is 9.88 Å². The molecule has 0 spiro atoms. The molecule has 5 nitrogen and oxygen atoms in total. The number of anilines is 1. The fourth-order valence-electron chi connectivity index (χ4n) is 1.78. The molecular formula is C13H17N3O2S. The van der Waals surface area contributed by atoms with Crippen LogP contribution < -0.4 is 10.5 Å². The average molecular weight is 279 g/mol. The molecule has 0 saturated heterocycles. The maximum absolute atomic E-state index is 11.2. The molecule has 102 valence electrons. The summed E-state index contributed by atoms with van der Waals surface area (Å²) < 4.78 is 24.6. The van der Waals surface area contributed by atoms with Crippen LogP contribution in [0, 0.1) is 0 Å². The van der Waals surface area contributed by atoms with Crippen LogP contribution in [-0.4, -0.2) is 13.0 Å². The van der Waals surface area contributed by atoms with Crippen molar-refractivity contribution in [2.75, 3.05) is 5.32 Å². The molecule has 2 aromatic rings. The van der Waals surface area contributed by atoms with E-state index in [0.29, 0.717) is 6.54 Å². The second kappa shape index (κ2) is 5.46. The van der Waals surface area contributed by atoms with Crippen molar-refractivity contribution in [3.05, 3.63) is 48.3 Å². The number of rotatable bonds is 5. The SMILES string of the molecule is CCn1ccc(CNc2cccc(S(N)(=O)=O)c2)c1. The Morgan fingerprint density at radius 2 is 2.11 bits per heavy atom. The van der Waals surface area contributed by atoms with Crippen molar-refractivity contribution >= 4 is 15.7 Å². The van der Waals surface area contributed by atoms with Crippen molar-refractivity contribution in [3.63, 3.8) is 0 Å². The third-order valence-corrected chi connectivity index (χ3v) is 3.75. The maximum Gasteiger partial charge on any atom is 0.238 e. The molecule has 0 unspecified atom stereocenters. The van der Waals surface area contributed by atoms with Gasteiger partial charge in [0.2, 0.25) is 10.0 Å². The second-order valence-corrected chi connectivity index (χ2v) is 5.84. The number of primary sulfonamides is 1. The van der Waals surface area contributed by atoms with E-state index in [2.05, 4.69) is 23.0 Å². The zero-order chi connectivity index (χ0) is 13.9. The van der Waals surface area contributed by atoms with E-state index in [1.54, 1.807) is 6.07 Å². The fourth-order valence-corrected chi connectivity index (χ4v) is 2.34. The highest BCUT2D eigenvalue weighted by Gasteiger charge is 2.07. The number of benzene rings is 1. The first-order valence-electron chi connectivity index (χ1n) is 6.00. The van der Waals surface area contributed by atoms with E-state index in [0.717, 1.165) is 17.8 Å². The zero-order valence-electron chi connectivity index (χ0n) is 10.7. The Labute approximate surface area is 113 Å². The van der Waals surface area contributed by atoms with E-state index in [9.17, 15) is 8.42 Å². The lowest BCUT2D eigenvalue weighted by Crippen LogP contribution is -2.12. The minimum atomic E-state index is -3.65. The summed E-state index contributed by atoms with van der Waals surface area (Å²) in [7, 11) is -3.65. The molecule has 6 heteroatoms. The highest BCUT2D eigenvalue weighted by Crippen LogP contribution is 2.15. The minimum Gasteiger partial charge on any atom is -0.381 e. The fraction of sp³-hybridized carbons (Fsp3) is 0.231. The maximum atomic E-state index is 11.2. The van der Waals surface area contributed by atoms with Gasteiger partial charge in [-0.3, -0.25) is 0 Å². The third kappa shape index (κ3) is 3.59. The normalized spacial score (nSPS) is 11.5. The van der Waals surface area contributed by atoms with E-state index in [-0.39, 0.29) is 4.90 Å². The van der Waals surface area contributed by atoms with Gasteiger partial charge >= 0.3 is 0 Å². The van der Waals surface area contributed by atoms with Crippen LogP contribution in [0.25, 0.3) is 0 Å². The molecule has 1 aromatic heterocycles. The van der Waals surface area contributed by atoms with Crippen LogP contribution in [0.15, 0.2) is 47.6 Å². The van der Waals surface area contributed by atoms with Gasteiger partial charge in [0.25, 0.3) is 0 Å². The standard InChI is InChI=1S/C13H17N3O2S/c1-2-16-7-6-11(10-16)9-15-12-4-3-5-13(8-12)19(14,17)18/h3-8,10,15H,2,9H2,1H3,(H2,14,17,18). The third-order valence-electron chi connectivity index (χ3n) is 2.84. The molecule has 19 heavy (non-hydrogen) atoms. The largest absolute Gasteiger partial charge is 0.381 e. The highest BCUT2D eigenvalue weighted by atomic mass is 32.2. The molecule has 2 rings (SSSR count). The molecule has 0 bridgehead atoms. The summed E-state index contributed by atoms with van der Waals surface area (Å²) in [4.78, 5) is 0.114.